The number of ketones is 1. The molecule has 4 aliphatic carbocycles. The van der Waals surface area contributed by atoms with Crippen molar-refractivity contribution in [2.24, 2.45) is 28.6 Å². The summed E-state index contributed by atoms with van der Waals surface area (Å²) in [7, 11) is 0. The molecule has 0 amide bonds. The van der Waals surface area contributed by atoms with Crippen LogP contribution in [0.25, 0.3) is 22.0 Å². The number of hydrogen-bond acceptors (Lipinski definition) is 8. The van der Waals surface area contributed by atoms with Gasteiger partial charge in [-0.25, -0.2) is 14.1 Å². The number of aliphatic hydroxyl groups excluding tert-OH is 1. The molecule has 0 radical (unpaired) electrons. The highest BCUT2D eigenvalue weighted by Crippen LogP contribution is 2.67. The SMILES string of the molecule is CC12Cc3cnn(-c4ccc(F)cc4)c3C=C1CCC1C2C(O)CC2(C)C1CC[C@]2(O)C(=O)CSc1nc2ccc(N)cc2s1. The number of aliphatic hydroxyl groups is 2. The van der Waals surface area contributed by atoms with Gasteiger partial charge < -0.3 is 15.9 Å². The average Bonchev–Trinajstić information content (AvgIpc) is 3.68. The summed E-state index contributed by atoms with van der Waals surface area (Å²) in [6, 6.07) is 12.0. The normalized spacial score (nSPS) is 33.7. The first-order valence-corrected chi connectivity index (χ1v) is 17.6. The van der Waals surface area contributed by atoms with Crippen molar-refractivity contribution in [2.45, 2.75) is 68.4 Å². The third-order valence-electron chi connectivity index (χ3n) is 11.8. The van der Waals surface area contributed by atoms with Crippen molar-refractivity contribution < 1.29 is 19.4 Å². The van der Waals surface area contributed by atoms with Gasteiger partial charge in [-0.15, -0.1) is 11.3 Å². The molecule has 0 aliphatic heterocycles. The number of fused-ring (bicyclic) bond motifs is 7. The first kappa shape index (κ1) is 29.4. The third-order valence-corrected chi connectivity index (χ3v) is 14.0. The Labute approximate surface area is 269 Å². The fraction of sp³-hybridized carbons (Fsp3) is 0.457. The number of aromatic nitrogens is 3. The molecule has 8 rings (SSSR count). The van der Waals surface area contributed by atoms with Gasteiger partial charge in [0.25, 0.3) is 0 Å². The van der Waals surface area contributed by atoms with Gasteiger partial charge in [-0.2, -0.15) is 5.10 Å². The van der Waals surface area contributed by atoms with Crippen molar-refractivity contribution in [3.8, 4) is 5.69 Å². The number of thioether (sulfide) groups is 1. The summed E-state index contributed by atoms with van der Waals surface area (Å²) in [4.78, 5) is 18.5. The minimum atomic E-state index is -1.48. The molecule has 4 aromatic rings. The fourth-order valence-corrected chi connectivity index (χ4v) is 11.7. The summed E-state index contributed by atoms with van der Waals surface area (Å²) < 4.78 is 17.2. The van der Waals surface area contributed by atoms with Gasteiger partial charge in [-0.1, -0.05) is 31.2 Å². The zero-order valence-corrected chi connectivity index (χ0v) is 27.0. The third kappa shape index (κ3) is 4.32. The lowest BCUT2D eigenvalue weighted by molar-refractivity contribution is -0.177. The quantitative estimate of drug-likeness (QED) is 0.169. The van der Waals surface area contributed by atoms with E-state index in [0.29, 0.717) is 18.5 Å². The highest BCUT2D eigenvalue weighted by Gasteiger charge is 2.68. The number of Topliss-reactive ketones (excluding diaryl/α,β-unsaturated/α-hetero) is 1. The molecule has 7 atom stereocenters. The number of carbonyl (C=O) groups excluding carboxylic acids is 1. The van der Waals surface area contributed by atoms with Crippen LogP contribution in [0.3, 0.4) is 0 Å². The van der Waals surface area contributed by atoms with E-state index in [2.05, 4.69) is 23.1 Å². The molecule has 3 saturated carbocycles. The highest BCUT2D eigenvalue weighted by molar-refractivity contribution is 8.01. The molecule has 0 bridgehead atoms. The van der Waals surface area contributed by atoms with Crippen LogP contribution in [0.2, 0.25) is 0 Å². The zero-order valence-electron chi connectivity index (χ0n) is 25.4. The molecule has 4 N–H and O–H groups in total. The molecule has 0 spiro atoms. The monoisotopic (exact) mass is 644 g/mol. The van der Waals surface area contributed by atoms with Crippen molar-refractivity contribution in [3.63, 3.8) is 0 Å². The maximum atomic E-state index is 13.9. The minimum Gasteiger partial charge on any atom is -0.399 e. The highest BCUT2D eigenvalue weighted by atomic mass is 32.2. The van der Waals surface area contributed by atoms with Crippen molar-refractivity contribution in [3.05, 3.63) is 71.3 Å². The van der Waals surface area contributed by atoms with Gasteiger partial charge >= 0.3 is 0 Å². The Morgan fingerprint density at radius 2 is 2.00 bits per heavy atom. The number of carbonyl (C=O) groups is 1. The van der Waals surface area contributed by atoms with E-state index in [4.69, 9.17) is 5.73 Å². The van der Waals surface area contributed by atoms with Crippen LogP contribution in [-0.2, 0) is 11.2 Å². The number of allylic oxidation sites excluding steroid dienone is 1. The molecule has 2 aromatic heterocycles. The van der Waals surface area contributed by atoms with E-state index in [1.807, 2.05) is 36.0 Å². The molecule has 45 heavy (non-hydrogen) atoms. The Kier molecular flexibility index (Phi) is 6.67. The van der Waals surface area contributed by atoms with Crippen LogP contribution < -0.4 is 5.73 Å². The number of benzene rings is 2. The van der Waals surface area contributed by atoms with E-state index in [0.717, 1.165) is 57.2 Å². The van der Waals surface area contributed by atoms with E-state index < -0.39 is 17.1 Å². The Morgan fingerprint density at radius 3 is 2.80 bits per heavy atom. The maximum absolute atomic E-state index is 13.9. The standard InChI is InChI=1S/C35H37FN4O3S2/c1-33-15-19-17-38-40(23-7-4-21(36)5-8-23)27(19)13-20(33)3-9-24-25-11-12-35(43,34(25,2)16-28(41)31(24)33)30(42)18-44-32-39-26-10-6-22(37)14-29(26)45-32/h4-8,10,13-14,17,24-25,28,31,41,43H,3,9,11-12,15-16,18,37H2,1-2H3/t24?,25?,28?,31?,33?,34?,35-/m0/s1. The fourth-order valence-electron chi connectivity index (χ4n) is 9.66. The Hall–Kier alpha value is -3.05. The summed E-state index contributed by atoms with van der Waals surface area (Å²) >= 11 is 2.89. The summed E-state index contributed by atoms with van der Waals surface area (Å²) in [5, 5.41) is 28.8. The van der Waals surface area contributed by atoms with E-state index in [1.165, 1.54) is 40.8 Å². The number of anilines is 1. The molecule has 7 nitrogen and oxygen atoms in total. The molecule has 4 aliphatic rings. The summed E-state index contributed by atoms with van der Waals surface area (Å²) in [5.74, 6) is 0.0838. The van der Waals surface area contributed by atoms with Crippen LogP contribution in [0.4, 0.5) is 10.1 Å². The number of halogens is 1. The summed E-state index contributed by atoms with van der Waals surface area (Å²) in [5.41, 5.74) is 9.33. The minimum absolute atomic E-state index is 0.0277. The maximum Gasteiger partial charge on any atom is 0.175 e. The first-order valence-electron chi connectivity index (χ1n) is 15.8. The number of hydrogen-bond donors (Lipinski definition) is 3. The molecule has 6 unspecified atom stereocenters. The van der Waals surface area contributed by atoms with Gasteiger partial charge in [0.2, 0.25) is 0 Å². The predicted octanol–water partition coefficient (Wildman–Crippen LogP) is 6.45. The molecule has 2 heterocycles. The molecular weight excluding hydrogens is 608 g/mol. The van der Waals surface area contributed by atoms with Crippen molar-refractivity contribution >= 4 is 50.9 Å². The number of rotatable bonds is 5. The lowest BCUT2D eigenvalue weighted by Crippen LogP contribution is -2.62. The zero-order chi connectivity index (χ0) is 31.3. The molecule has 2 aromatic carbocycles. The lowest BCUT2D eigenvalue weighted by Gasteiger charge is -2.60. The van der Waals surface area contributed by atoms with E-state index in [-0.39, 0.29) is 40.5 Å². The van der Waals surface area contributed by atoms with E-state index in [9.17, 15) is 19.4 Å². The topological polar surface area (TPSA) is 114 Å². The van der Waals surface area contributed by atoms with Crippen molar-refractivity contribution in [2.75, 3.05) is 11.5 Å². The van der Waals surface area contributed by atoms with Crippen LogP contribution in [-0.4, -0.2) is 48.2 Å². The van der Waals surface area contributed by atoms with Crippen molar-refractivity contribution in [1.82, 2.24) is 14.8 Å². The average molecular weight is 645 g/mol. The lowest BCUT2D eigenvalue weighted by atomic mass is 9.45. The Balaban J connectivity index is 1.04. The second kappa shape index (κ2) is 10.2. The Bertz CT molecular complexity index is 1870. The largest absolute Gasteiger partial charge is 0.399 e. The smallest absolute Gasteiger partial charge is 0.175 e. The van der Waals surface area contributed by atoms with Gasteiger partial charge in [-0.3, -0.25) is 4.79 Å². The molecule has 10 heteroatoms. The second-order valence-electron chi connectivity index (χ2n) is 14.0. The van der Waals surface area contributed by atoms with Crippen LogP contribution in [0.1, 0.15) is 57.2 Å². The predicted molar refractivity (Wildman–Crippen MR) is 176 cm³/mol. The van der Waals surface area contributed by atoms with Gasteiger partial charge in [0.1, 0.15) is 11.4 Å². The van der Waals surface area contributed by atoms with Crippen LogP contribution in [0.15, 0.2) is 58.6 Å². The molecular formula is C35H37FN4O3S2. The van der Waals surface area contributed by atoms with Gasteiger partial charge in [0.05, 0.1) is 39.7 Å². The first-order chi connectivity index (χ1) is 21.5. The van der Waals surface area contributed by atoms with Crippen LogP contribution >= 0.6 is 23.1 Å². The molecule has 0 saturated heterocycles. The molecule has 234 valence electrons. The number of nitrogen functional groups attached to an aromatic ring is 1. The van der Waals surface area contributed by atoms with Crippen molar-refractivity contribution in [1.29, 1.82) is 0 Å². The Morgan fingerprint density at radius 1 is 1.20 bits per heavy atom. The van der Waals surface area contributed by atoms with Gasteiger partial charge in [0.15, 0.2) is 10.1 Å². The van der Waals surface area contributed by atoms with Crippen LogP contribution in [0, 0.1) is 34.4 Å². The van der Waals surface area contributed by atoms with Crippen LogP contribution in [0.5, 0.6) is 0 Å². The van der Waals surface area contributed by atoms with E-state index in [1.54, 1.807) is 12.1 Å². The number of nitrogens with zero attached hydrogens (tertiary/aromatic N) is 3. The second-order valence-corrected chi connectivity index (χ2v) is 16.3. The van der Waals surface area contributed by atoms with E-state index >= 15 is 0 Å². The number of nitrogens with two attached hydrogens (primary N) is 1. The van der Waals surface area contributed by atoms with Gasteiger partial charge in [-0.05, 0) is 116 Å². The van der Waals surface area contributed by atoms with Gasteiger partial charge in [0, 0.05) is 11.1 Å². The number of thiazole rings is 1. The summed E-state index contributed by atoms with van der Waals surface area (Å²) in [6.07, 6.45) is 7.69. The summed E-state index contributed by atoms with van der Waals surface area (Å²) in [6.45, 7) is 4.33. The molecule has 3 fully saturated rings.